The zero-order chi connectivity index (χ0) is 20.7. The highest BCUT2D eigenvalue weighted by Gasteiger charge is 2.28. The first-order valence-electron chi connectivity index (χ1n) is 10.0. The van der Waals surface area contributed by atoms with E-state index in [1.807, 2.05) is 28.9 Å². The van der Waals surface area contributed by atoms with Crippen LogP contribution in [-0.4, -0.2) is 30.6 Å². The Morgan fingerprint density at radius 2 is 1.97 bits per heavy atom. The van der Waals surface area contributed by atoms with E-state index in [1.165, 1.54) is 12.1 Å². The molecule has 0 spiro atoms. The molecule has 0 fully saturated rings. The summed E-state index contributed by atoms with van der Waals surface area (Å²) >= 11 is 0. The van der Waals surface area contributed by atoms with Crippen LogP contribution < -0.4 is 0 Å². The van der Waals surface area contributed by atoms with E-state index in [9.17, 15) is 14.3 Å². The summed E-state index contributed by atoms with van der Waals surface area (Å²) < 4.78 is 17.4. The van der Waals surface area contributed by atoms with E-state index < -0.39 is 5.97 Å². The molecule has 1 aliphatic heterocycles. The Morgan fingerprint density at radius 1 is 1.17 bits per heavy atom. The fourth-order valence-corrected chi connectivity index (χ4v) is 4.59. The van der Waals surface area contributed by atoms with Gasteiger partial charge in [-0.3, -0.25) is 4.79 Å². The van der Waals surface area contributed by atoms with Crippen molar-refractivity contribution in [3.8, 4) is 0 Å². The Kier molecular flexibility index (Phi) is 4.58. The van der Waals surface area contributed by atoms with Crippen molar-refractivity contribution in [2.45, 2.75) is 38.3 Å². The van der Waals surface area contributed by atoms with Gasteiger partial charge in [-0.2, -0.15) is 0 Å². The molecular weight excluding hydrogens is 383 g/mol. The minimum absolute atomic E-state index is 0.0344. The Labute approximate surface area is 172 Å². The van der Waals surface area contributed by atoms with Gasteiger partial charge in [-0.15, -0.1) is 5.10 Å². The van der Waals surface area contributed by atoms with E-state index >= 15 is 0 Å². The lowest BCUT2D eigenvalue weighted by atomic mass is 10.00. The van der Waals surface area contributed by atoms with Crippen molar-refractivity contribution in [2.75, 3.05) is 0 Å². The lowest BCUT2D eigenvalue weighted by Gasteiger charge is -2.27. The van der Waals surface area contributed by atoms with E-state index in [0.29, 0.717) is 6.42 Å². The average Bonchev–Trinajstić information content (AvgIpc) is 3.32. The number of aliphatic carboxylic acids is 1. The van der Waals surface area contributed by atoms with Crippen LogP contribution in [0, 0.1) is 5.82 Å². The summed E-state index contributed by atoms with van der Waals surface area (Å²) in [6.45, 7) is 0.718. The molecule has 3 heterocycles. The van der Waals surface area contributed by atoms with Gasteiger partial charge in [-0.05, 0) is 42.2 Å². The first-order valence-corrected chi connectivity index (χ1v) is 10.0. The van der Waals surface area contributed by atoms with Gasteiger partial charge in [-0.1, -0.05) is 35.5 Å². The molecule has 2 aromatic carbocycles. The largest absolute Gasteiger partial charge is 0.481 e. The summed E-state index contributed by atoms with van der Waals surface area (Å²) in [5, 5.41) is 18.9. The molecular formula is C23H21FN4O2. The summed E-state index contributed by atoms with van der Waals surface area (Å²) in [6, 6.07) is 14.6. The van der Waals surface area contributed by atoms with Gasteiger partial charge in [0.15, 0.2) is 0 Å². The Morgan fingerprint density at radius 3 is 2.77 bits per heavy atom. The molecule has 152 valence electrons. The second-order valence-corrected chi connectivity index (χ2v) is 7.79. The highest BCUT2D eigenvalue weighted by atomic mass is 19.1. The number of carboxylic acid groups (broad SMARTS) is 1. The highest BCUT2D eigenvalue weighted by Crippen LogP contribution is 2.34. The molecule has 1 N–H and O–H groups in total. The topological polar surface area (TPSA) is 72.9 Å². The standard InChI is InChI=1S/C23H21FN4O2/c24-16-7-5-15(6-8-16)11-18-13-25-26-28(18)17-9-10-22-20(12-23(29)30)19-3-1-2-4-21(19)27(22)14-17/h1-8,13,17H,9-12,14H2,(H,29,30). The van der Waals surface area contributed by atoms with Gasteiger partial charge in [0.05, 0.1) is 24.4 Å². The number of carboxylic acids is 1. The summed E-state index contributed by atoms with van der Waals surface area (Å²) in [4.78, 5) is 11.4. The smallest absolute Gasteiger partial charge is 0.307 e. The van der Waals surface area contributed by atoms with E-state index in [4.69, 9.17) is 0 Å². The second kappa shape index (κ2) is 7.40. The van der Waals surface area contributed by atoms with Crippen LogP contribution in [0.5, 0.6) is 0 Å². The first kappa shape index (κ1) is 18.5. The molecule has 5 rings (SSSR count). The zero-order valence-corrected chi connectivity index (χ0v) is 16.3. The van der Waals surface area contributed by atoms with Crippen molar-refractivity contribution in [3.05, 3.63) is 83.1 Å². The number of halogens is 1. The molecule has 4 aromatic rings. The van der Waals surface area contributed by atoms with Crippen LogP contribution in [0.2, 0.25) is 0 Å². The molecule has 0 amide bonds. The number of aromatic nitrogens is 4. The predicted octanol–water partition coefficient (Wildman–Crippen LogP) is 3.78. The fraction of sp³-hybridized carbons (Fsp3) is 0.261. The van der Waals surface area contributed by atoms with Crippen LogP contribution in [0.15, 0.2) is 54.7 Å². The number of para-hydroxylation sites is 1. The van der Waals surface area contributed by atoms with Crippen molar-refractivity contribution in [1.29, 1.82) is 0 Å². The maximum Gasteiger partial charge on any atom is 0.307 e. The average molecular weight is 404 g/mol. The van der Waals surface area contributed by atoms with E-state index in [-0.39, 0.29) is 18.3 Å². The number of rotatable bonds is 5. The second-order valence-electron chi connectivity index (χ2n) is 7.79. The van der Waals surface area contributed by atoms with Gasteiger partial charge in [-0.25, -0.2) is 9.07 Å². The van der Waals surface area contributed by atoms with Crippen molar-refractivity contribution < 1.29 is 14.3 Å². The molecule has 0 aliphatic carbocycles. The van der Waals surface area contributed by atoms with Gasteiger partial charge in [0, 0.05) is 29.6 Å². The molecule has 1 aliphatic rings. The Bertz CT molecular complexity index is 1230. The molecule has 7 heteroatoms. The highest BCUT2D eigenvalue weighted by molar-refractivity contribution is 5.89. The molecule has 30 heavy (non-hydrogen) atoms. The van der Waals surface area contributed by atoms with Crippen molar-refractivity contribution in [1.82, 2.24) is 19.6 Å². The third-order valence-electron chi connectivity index (χ3n) is 5.92. The third kappa shape index (κ3) is 3.26. The lowest BCUT2D eigenvalue weighted by molar-refractivity contribution is -0.136. The van der Waals surface area contributed by atoms with Gasteiger partial charge in [0.2, 0.25) is 0 Å². The van der Waals surface area contributed by atoms with E-state index in [1.54, 1.807) is 18.3 Å². The van der Waals surface area contributed by atoms with Crippen LogP contribution >= 0.6 is 0 Å². The minimum atomic E-state index is -0.811. The maximum atomic E-state index is 13.2. The molecule has 6 nitrogen and oxygen atoms in total. The number of hydrogen-bond donors (Lipinski definition) is 1. The van der Waals surface area contributed by atoms with E-state index in [2.05, 4.69) is 14.9 Å². The number of nitrogens with zero attached hydrogens (tertiary/aromatic N) is 4. The molecule has 2 aromatic heterocycles. The number of benzene rings is 2. The maximum absolute atomic E-state index is 13.2. The van der Waals surface area contributed by atoms with E-state index in [0.717, 1.165) is 52.8 Å². The zero-order valence-electron chi connectivity index (χ0n) is 16.3. The van der Waals surface area contributed by atoms with Crippen LogP contribution in [0.25, 0.3) is 10.9 Å². The first-order chi connectivity index (χ1) is 14.6. The Balaban J connectivity index is 1.48. The summed E-state index contributed by atoms with van der Waals surface area (Å²) in [5.74, 6) is -1.06. The quantitative estimate of drug-likeness (QED) is 0.550. The van der Waals surface area contributed by atoms with Crippen LogP contribution in [0.1, 0.15) is 35.0 Å². The van der Waals surface area contributed by atoms with Gasteiger partial charge in [0.1, 0.15) is 5.82 Å². The molecule has 0 radical (unpaired) electrons. The lowest BCUT2D eigenvalue weighted by Crippen LogP contribution is -2.26. The number of hydrogen-bond acceptors (Lipinski definition) is 3. The van der Waals surface area contributed by atoms with Crippen LogP contribution in [0.3, 0.4) is 0 Å². The van der Waals surface area contributed by atoms with Gasteiger partial charge >= 0.3 is 5.97 Å². The molecule has 1 atom stereocenters. The summed E-state index contributed by atoms with van der Waals surface area (Å²) in [7, 11) is 0. The minimum Gasteiger partial charge on any atom is -0.481 e. The predicted molar refractivity (Wildman–Crippen MR) is 110 cm³/mol. The molecule has 0 bridgehead atoms. The van der Waals surface area contributed by atoms with Crippen LogP contribution in [-0.2, 0) is 30.6 Å². The molecule has 1 unspecified atom stereocenters. The number of fused-ring (bicyclic) bond motifs is 3. The van der Waals surface area contributed by atoms with Gasteiger partial charge in [0.25, 0.3) is 0 Å². The normalized spacial score (nSPS) is 16.0. The molecule has 0 saturated carbocycles. The fourth-order valence-electron chi connectivity index (χ4n) is 4.59. The van der Waals surface area contributed by atoms with Crippen molar-refractivity contribution >= 4 is 16.9 Å². The third-order valence-corrected chi connectivity index (χ3v) is 5.92. The SMILES string of the molecule is O=C(O)Cc1c2n(c3ccccc13)CC(n1nncc1Cc1ccc(F)cc1)CC2. The summed E-state index contributed by atoms with van der Waals surface area (Å²) in [5.41, 5.74) is 5.08. The monoisotopic (exact) mass is 404 g/mol. The Hall–Kier alpha value is -3.48. The van der Waals surface area contributed by atoms with Gasteiger partial charge < -0.3 is 9.67 Å². The van der Waals surface area contributed by atoms with Crippen molar-refractivity contribution in [2.24, 2.45) is 0 Å². The van der Waals surface area contributed by atoms with Crippen molar-refractivity contribution in [3.63, 3.8) is 0 Å². The molecule has 0 saturated heterocycles. The number of carbonyl (C=O) groups is 1. The summed E-state index contributed by atoms with van der Waals surface area (Å²) in [6.07, 6.45) is 4.09. The van der Waals surface area contributed by atoms with Crippen LogP contribution in [0.4, 0.5) is 4.39 Å².